The van der Waals surface area contributed by atoms with Gasteiger partial charge < -0.3 is 26.5 Å². The van der Waals surface area contributed by atoms with Crippen molar-refractivity contribution in [2.45, 2.75) is 38.8 Å². The van der Waals surface area contributed by atoms with Crippen molar-refractivity contribution >= 4 is 28.6 Å². The van der Waals surface area contributed by atoms with Gasteiger partial charge in [0.1, 0.15) is 6.61 Å². The largest absolute Gasteiger partial charge is 0.445 e. The molecule has 5 rings (SSSR count). The number of carbonyl (C=O) groups is 2. The summed E-state index contributed by atoms with van der Waals surface area (Å²) in [7, 11) is 0. The molecule has 0 bridgehead atoms. The minimum absolute atomic E-state index is 0.0755. The molecule has 35 heavy (non-hydrogen) atoms. The maximum atomic E-state index is 12.4. The summed E-state index contributed by atoms with van der Waals surface area (Å²) in [4.78, 5) is 28.1. The van der Waals surface area contributed by atoms with Crippen molar-refractivity contribution in [1.82, 2.24) is 10.3 Å². The molecule has 0 radical (unpaired) electrons. The molecule has 1 heterocycles. The van der Waals surface area contributed by atoms with Crippen LogP contribution in [-0.2, 0) is 24.2 Å². The monoisotopic (exact) mass is 468 g/mol. The van der Waals surface area contributed by atoms with Gasteiger partial charge in [0.2, 0.25) is 0 Å². The van der Waals surface area contributed by atoms with Crippen LogP contribution in [0.5, 0.6) is 0 Å². The van der Waals surface area contributed by atoms with Gasteiger partial charge in [0.15, 0.2) is 0 Å². The van der Waals surface area contributed by atoms with Crippen molar-refractivity contribution in [3.8, 4) is 11.1 Å². The number of amides is 2. The number of nitrogen functional groups attached to an aromatic ring is 1. The summed E-state index contributed by atoms with van der Waals surface area (Å²) < 4.78 is 5.40. The van der Waals surface area contributed by atoms with Crippen LogP contribution < -0.4 is 16.8 Å². The van der Waals surface area contributed by atoms with E-state index in [4.69, 9.17) is 16.2 Å². The molecule has 7 heteroatoms. The lowest BCUT2D eigenvalue weighted by Gasteiger charge is -2.23. The zero-order valence-corrected chi connectivity index (χ0v) is 19.6. The second kappa shape index (κ2) is 9.18. The molecule has 1 aromatic heterocycles. The smallest absolute Gasteiger partial charge is 0.407 e. The number of fused-ring (bicyclic) bond motifs is 3. The highest BCUT2D eigenvalue weighted by Crippen LogP contribution is 2.39. The second-order valence-electron chi connectivity index (χ2n) is 9.02. The average Bonchev–Trinajstić information content (AvgIpc) is 3.23. The Kier molecular flexibility index (Phi) is 5.91. The van der Waals surface area contributed by atoms with Crippen LogP contribution in [0, 0.1) is 6.92 Å². The summed E-state index contributed by atoms with van der Waals surface area (Å²) in [5.74, 6) is -0.483. The maximum absolute atomic E-state index is 12.4. The van der Waals surface area contributed by atoms with Crippen LogP contribution in [0.1, 0.15) is 39.2 Å². The number of aryl methyl sites for hydroxylation is 1. The fourth-order valence-corrected chi connectivity index (χ4v) is 4.97. The molecule has 178 valence electrons. The fourth-order valence-electron chi connectivity index (χ4n) is 4.97. The fraction of sp³-hybridized carbons (Fsp3) is 0.214. The molecule has 0 aliphatic heterocycles. The van der Waals surface area contributed by atoms with Gasteiger partial charge >= 0.3 is 6.09 Å². The summed E-state index contributed by atoms with van der Waals surface area (Å²) in [5, 5.41) is 3.98. The molecule has 1 atom stereocenters. The molecule has 4 aromatic rings. The first-order valence-corrected chi connectivity index (χ1v) is 11.7. The Balaban J connectivity index is 1.44. The van der Waals surface area contributed by atoms with E-state index in [1.54, 1.807) is 6.07 Å². The summed E-state index contributed by atoms with van der Waals surface area (Å²) in [6.45, 7) is 2.22. The number of alkyl carbamates (subject to hydrolysis) is 1. The first-order valence-electron chi connectivity index (χ1n) is 11.7. The molecule has 0 saturated heterocycles. The zero-order valence-electron chi connectivity index (χ0n) is 19.6. The Labute approximate surface area is 203 Å². The number of hydrogen-bond donors (Lipinski definition) is 4. The normalized spacial score (nSPS) is 14.9. The standard InChI is InChI=1S/C28H28N4O3/c1-16-19(8-5-9-23(16)29)20-12-13-22(27(30)33)26-25(20)21-11-10-18(14-24(21)32-26)31-28(34)35-15-17-6-3-2-4-7-17/h2-9,12-13,18,32H,10-11,14-15,29H2,1H3,(H2,30,33)(H,31,34). The van der Waals surface area contributed by atoms with Gasteiger partial charge in [-0.25, -0.2) is 4.79 Å². The van der Waals surface area contributed by atoms with Crippen molar-refractivity contribution in [1.29, 1.82) is 0 Å². The van der Waals surface area contributed by atoms with Gasteiger partial charge in [-0.2, -0.15) is 0 Å². The average molecular weight is 469 g/mol. The van der Waals surface area contributed by atoms with E-state index in [1.165, 1.54) is 0 Å². The summed E-state index contributed by atoms with van der Waals surface area (Å²) in [5.41, 5.74) is 19.9. The number of hydrogen-bond acceptors (Lipinski definition) is 4. The molecule has 0 saturated carbocycles. The predicted molar refractivity (Wildman–Crippen MR) is 137 cm³/mol. The third-order valence-corrected chi connectivity index (χ3v) is 6.81. The Hall–Kier alpha value is -4.26. The van der Waals surface area contributed by atoms with Gasteiger partial charge in [-0.15, -0.1) is 0 Å². The molecule has 0 spiro atoms. The van der Waals surface area contributed by atoms with E-state index >= 15 is 0 Å². The lowest BCUT2D eigenvalue weighted by molar-refractivity contribution is 0.100. The van der Waals surface area contributed by atoms with E-state index in [9.17, 15) is 9.59 Å². The Morgan fingerprint density at radius 1 is 1.06 bits per heavy atom. The minimum atomic E-state index is -0.483. The van der Waals surface area contributed by atoms with Crippen molar-refractivity contribution in [2.24, 2.45) is 5.73 Å². The van der Waals surface area contributed by atoms with E-state index in [0.717, 1.165) is 62.9 Å². The Morgan fingerprint density at radius 3 is 2.63 bits per heavy atom. The van der Waals surface area contributed by atoms with Gasteiger partial charge in [-0.3, -0.25) is 4.79 Å². The highest BCUT2D eigenvalue weighted by Gasteiger charge is 2.27. The molecule has 2 amide bonds. The molecule has 1 unspecified atom stereocenters. The van der Waals surface area contributed by atoms with Crippen LogP contribution in [0.3, 0.4) is 0 Å². The summed E-state index contributed by atoms with van der Waals surface area (Å²) >= 11 is 0. The van der Waals surface area contributed by atoms with Gasteiger partial charge in [0, 0.05) is 29.2 Å². The lowest BCUT2D eigenvalue weighted by Crippen LogP contribution is -2.39. The van der Waals surface area contributed by atoms with E-state index in [1.807, 2.05) is 61.5 Å². The molecular formula is C28H28N4O3. The third-order valence-electron chi connectivity index (χ3n) is 6.81. The number of nitrogens with two attached hydrogens (primary N) is 2. The van der Waals surface area contributed by atoms with Crippen molar-refractivity contribution in [3.05, 3.63) is 88.6 Å². The molecule has 1 aliphatic carbocycles. The van der Waals surface area contributed by atoms with Gasteiger partial charge in [-0.05, 0) is 59.7 Å². The van der Waals surface area contributed by atoms with Crippen LogP contribution in [0.25, 0.3) is 22.0 Å². The van der Waals surface area contributed by atoms with Gasteiger partial charge in [0.05, 0.1) is 11.1 Å². The molecule has 0 fully saturated rings. The molecule has 1 aliphatic rings. The van der Waals surface area contributed by atoms with Crippen molar-refractivity contribution in [3.63, 3.8) is 0 Å². The van der Waals surface area contributed by atoms with Crippen molar-refractivity contribution in [2.75, 3.05) is 5.73 Å². The van der Waals surface area contributed by atoms with Crippen LogP contribution >= 0.6 is 0 Å². The lowest BCUT2D eigenvalue weighted by atomic mass is 9.87. The van der Waals surface area contributed by atoms with Gasteiger partial charge in [-0.1, -0.05) is 48.5 Å². The molecule has 3 aromatic carbocycles. The SMILES string of the molecule is Cc1c(N)cccc1-c1ccc(C(N)=O)c2[nH]c3c(c12)CCC(NC(=O)OCc1ccccc1)C3. The number of aromatic amines is 1. The van der Waals surface area contributed by atoms with Crippen LogP contribution in [0.2, 0.25) is 0 Å². The third kappa shape index (κ3) is 4.33. The molecule has 6 N–H and O–H groups in total. The summed E-state index contributed by atoms with van der Waals surface area (Å²) in [6.07, 6.45) is 1.68. The quantitative estimate of drug-likeness (QED) is 0.319. The molecule has 7 nitrogen and oxygen atoms in total. The number of anilines is 1. The number of primary amides is 1. The van der Waals surface area contributed by atoms with E-state index < -0.39 is 12.0 Å². The first kappa shape index (κ1) is 22.5. The number of H-pyrrole nitrogens is 1. The zero-order chi connectivity index (χ0) is 24.5. The van der Waals surface area contributed by atoms with Gasteiger partial charge in [0.25, 0.3) is 5.91 Å². The topological polar surface area (TPSA) is 123 Å². The number of carbonyl (C=O) groups excluding carboxylic acids is 2. The van der Waals surface area contributed by atoms with Crippen LogP contribution in [0.15, 0.2) is 60.7 Å². The number of benzene rings is 3. The molecular weight excluding hydrogens is 440 g/mol. The maximum Gasteiger partial charge on any atom is 0.407 e. The predicted octanol–water partition coefficient (Wildman–Crippen LogP) is 4.61. The number of nitrogens with one attached hydrogen (secondary N) is 2. The van der Waals surface area contributed by atoms with E-state index in [-0.39, 0.29) is 12.6 Å². The highest BCUT2D eigenvalue weighted by molar-refractivity contribution is 6.11. The van der Waals surface area contributed by atoms with Crippen LogP contribution in [0.4, 0.5) is 10.5 Å². The van der Waals surface area contributed by atoms with Crippen molar-refractivity contribution < 1.29 is 14.3 Å². The number of ether oxygens (including phenoxy) is 1. The van der Waals surface area contributed by atoms with E-state index in [2.05, 4.69) is 10.3 Å². The van der Waals surface area contributed by atoms with Crippen LogP contribution in [-0.4, -0.2) is 23.0 Å². The second-order valence-corrected chi connectivity index (χ2v) is 9.02. The number of aromatic nitrogens is 1. The summed E-state index contributed by atoms with van der Waals surface area (Å²) in [6, 6.07) is 19.1. The first-order chi connectivity index (χ1) is 16.9. The van der Waals surface area contributed by atoms with E-state index in [0.29, 0.717) is 12.0 Å². The minimum Gasteiger partial charge on any atom is -0.445 e. The highest BCUT2D eigenvalue weighted by atomic mass is 16.5. The Morgan fingerprint density at radius 2 is 1.86 bits per heavy atom. The number of rotatable bonds is 5. The Bertz CT molecular complexity index is 1430.